The molecule has 0 radical (unpaired) electrons. The van der Waals surface area contributed by atoms with Crippen molar-refractivity contribution in [3.05, 3.63) is 55.4 Å². The van der Waals surface area contributed by atoms with Gasteiger partial charge in [0.25, 0.3) is 0 Å². The van der Waals surface area contributed by atoms with Crippen LogP contribution in [0.2, 0.25) is 15.2 Å². The molecule has 0 amide bonds. The number of hydrogen-bond donors (Lipinski definition) is 1. The number of benzene rings is 1. The first kappa shape index (κ1) is 15.8. The molecule has 1 unspecified atom stereocenters. The SMILES string of the molecule is CC(Nc1cc(Br)cnc1Cl)c1c(Cl)ccc(F)c1Cl. The standard InChI is InChI=1S/C13H9BrCl3FN2/c1-6(11-8(15)2-3-9(18)12(11)16)20-10-4-7(14)5-19-13(10)17/h2-6,20H,1H3. The number of nitrogens with zero attached hydrogens (tertiary/aromatic N) is 1. The van der Waals surface area contributed by atoms with Gasteiger partial charge in [-0.1, -0.05) is 34.8 Å². The molecule has 0 saturated carbocycles. The Morgan fingerprint density at radius 1 is 1.30 bits per heavy atom. The molecule has 0 aliphatic carbocycles. The summed E-state index contributed by atoms with van der Waals surface area (Å²) in [6.45, 7) is 1.81. The van der Waals surface area contributed by atoms with Gasteiger partial charge in [0.15, 0.2) is 5.15 Å². The van der Waals surface area contributed by atoms with Crippen LogP contribution in [0.3, 0.4) is 0 Å². The second-order valence-electron chi connectivity index (χ2n) is 4.11. The van der Waals surface area contributed by atoms with Crippen molar-refractivity contribution in [2.75, 3.05) is 5.32 Å². The Morgan fingerprint density at radius 3 is 2.70 bits per heavy atom. The summed E-state index contributed by atoms with van der Waals surface area (Å²) >= 11 is 21.4. The molecule has 2 rings (SSSR count). The predicted octanol–water partition coefficient (Wildman–Crippen LogP) is 6.12. The number of pyridine rings is 1. The van der Waals surface area contributed by atoms with E-state index in [0.717, 1.165) is 4.47 Å². The fourth-order valence-corrected chi connectivity index (χ4v) is 2.96. The maximum Gasteiger partial charge on any atom is 0.152 e. The van der Waals surface area contributed by atoms with Crippen molar-refractivity contribution in [2.24, 2.45) is 0 Å². The molecule has 0 aliphatic rings. The fraction of sp³-hybridized carbons (Fsp3) is 0.154. The van der Waals surface area contributed by atoms with Gasteiger partial charge in [-0.2, -0.15) is 0 Å². The van der Waals surface area contributed by atoms with Crippen molar-refractivity contribution in [1.82, 2.24) is 4.98 Å². The van der Waals surface area contributed by atoms with Gasteiger partial charge in [-0.3, -0.25) is 0 Å². The van der Waals surface area contributed by atoms with Gasteiger partial charge in [0, 0.05) is 21.3 Å². The highest BCUT2D eigenvalue weighted by atomic mass is 79.9. The Morgan fingerprint density at radius 2 is 2.00 bits per heavy atom. The van der Waals surface area contributed by atoms with E-state index < -0.39 is 5.82 Å². The lowest BCUT2D eigenvalue weighted by Gasteiger charge is -2.19. The minimum Gasteiger partial charge on any atom is -0.376 e. The summed E-state index contributed by atoms with van der Waals surface area (Å²) in [6, 6.07) is 4.14. The highest BCUT2D eigenvalue weighted by Crippen LogP contribution is 2.35. The molecule has 0 fully saturated rings. The third-order valence-electron chi connectivity index (χ3n) is 2.69. The third kappa shape index (κ3) is 3.37. The van der Waals surface area contributed by atoms with E-state index in [4.69, 9.17) is 34.8 Å². The van der Waals surface area contributed by atoms with Crippen LogP contribution < -0.4 is 5.32 Å². The number of rotatable bonds is 3. The van der Waals surface area contributed by atoms with E-state index in [9.17, 15) is 4.39 Å². The van der Waals surface area contributed by atoms with Gasteiger partial charge in [0.1, 0.15) is 5.82 Å². The van der Waals surface area contributed by atoms with Crippen molar-refractivity contribution in [3.63, 3.8) is 0 Å². The summed E-state index contributed by atoms with van der Waals surface area (Å²) in [5.41, 5.74) is 1.08. The molecular weight excluding hydrogens is 389 g/mol. The Bertz CT molecular complexity index is 652. The van der Waals surface area contributed by atoms with Gasteiger partial charge in [0.2, 0.25) is 0 Å². The summed E-state index contributed by atoms with van der Waals surface area (Å²) in [7, 11) is 0. The number of halogens is 5. The molecule has 0 aliphatic heterocycles. The molecule has 106 valence electrons. The number of nitrogens with one attached hydrogen (secondary N) is 1. The molecule has 0 bridgehead atoms. The molecule has 1 aromatic heterocycles. The largest absolute Gasteiger partial charge is 0.376 e. The van der Waals surface area contributed by atoms with Crippen LogP contribution in [0, 0.1) is 5.82 Å². The zero-order chi connectivity index (χ0) is 14.9. The smallest absolute Gasteiger partial charge is 0.152 e. The molecule has 2 aromatic rings. The van der Waals surface area contributed by atoms with Crippen LogP contribution in [0.15, 0.2) is 28.9 Å². The van der Waals surface area contributed by atoms with Crippen LogP contribution in [0.5, 0.6) is 0 Å². The first-order chi connectivity index (χ1) is 9.40. The minimum atomic E-state index is -0.516. The molecule has 0 spiro atoms. The molecule has 7 heteroatoms. The van der Waals surface area contributed by atoms with Crippen LogP contribution in [0.25, 0.3) is 0 Å². The quantitative estimate of drug-likeness (QED) is 0.498. The molecule has 0 saturated heterocycles. The predicted molar refractivity (Wildman–Crippen MR) is 85.4 cm³/mol. The van der Waals surface area contributed by atoms with E-state index in [2.05, 4.69) is 26.2 Å². The van der Waals surface area contributed by atoms with E-state index in [1.54, 1.807) is 12.3 Å². The van der Waals surface area contributed by atoms with Crippen LogP contribution in [-0.4, -0.2) is 4.98 Å². The van der Waals surface area contributed by atoms with Gasteiger partial charge in [0.05, 0.1) is 16.8 Å². The molecule has 1 atom stereocenters. The lowest BCUT2D eigenvalue weighted by Crippen LogP contribution is -2.09. The van der Waals surface area contributed by atoms with Crippen LogP contribution in [0.4, 0.5) is 10.1 Å². The molecule has 2 nitrogen and oxygen atoms in total. The van der Waals surface area contributed by atoms with Crippen molar-refractivity contribution < 1.29 is 4.39 Å². The van der Waals surface area contributed by atoms with Crippen molar-refractivity contribution in [2.45, 2.75) is 13.0 Å². The maximum absolute atomic E-state index is 13.5. The average molecular weight is 398 g/mol. The van der Waals surface area contributed by atoms with Gasteiger partial charge >= 0.3 is 0 Å². The highest BCUT2D eigenvalue weighted by molar-refractivity contribution is 9.10. The summed E-state index contributed by atoms with van der Waals surface area (Å²) in [4.78, 5) is 4.00. The summed E-state index contributed by atoms with van der Waals surface area (Å²) in [5.74, 6) is -0.516. The lowest BCUT2D eigenvalue weighted by atomic mass is 10.1. The zero-order valence-corrected chi connectivity index (χ0v) is 14.1. The zero-order valence-electron chi connectivity index (χ0n) is 10.2. The van der Waals surface area contributed by atoms with Crippen molar-refractivity contribution in [3.8, 4) is 0 Å². The van der Waals surface area contributed by atoms with Gasteiger partial charge < -0.3 is 5.32 Å². The summed E-state index contributed by atoms with van der Waals surface area (Å²) in [6.07, 6.45) is 1.58. The highest BCUT2D eigenvalue weighted by Gasteiger charge is 2.18. The Hall–Kier alpha value is -0.550. The van der Waals surface area contributed by atoms with E-state index in [1.165, 1.54) is 12.1 Å². The monoisotopic (exact) mass is 396 g/mol. The molecule has 1 aromatic carbocycles. The fourth-order valence-electron chi connectivity index (χ4n) is 1.77. The van der Waals surface area contributed by atoms with E-state index >= 15 is 0 Å². The second-order valence-corrected chi connectivity index (χ2v) is 6.17. The molecular formula is C13H9BrCl3FN2. The Labute approximate surface area is 139 Å². The minimum absolute atomic E-state index is 0.00317. The molecule has 20 heavy (non-hydrogen) atoms. The van der Waals surface area contributed by atoms with Crippen LogP contribution in [0.1, 0.15) is 18.5 Å². The van der Waals surface area contributed by atoms with Crippen LogP contribution >= 0.6 is 50.7 Å². The van der Waals surface area contributed by atoms with Gasteiger partial charge in [-0.05, 0) is 41.1 Å². The average Bonchev–Trinajstić information content (AvgIpc) is 2.39. The van der Waals surface area contributed by atoms with E-state index in [1.807, 2.05) is 6.92 Å². The first-order valence-corrected chi connectivity index (χ1v) is 7.54. The van der Waals surface area contributed by atoms with Crippen molar-refractivity contribution >= 4 is 56.4 Å². The van der Waals surface area contributed by atoms with Crippen LogP contribution in [-0.2, 0) is 0 Å². The number of hydrogen-bond acceptors (Lipinski definition) is 2. The molecule has 1 N–H and O–H groups in total. The van der Waals surface area contributed by atoms with Gasteiger partial charge in [-0.25, -0.2) is 9.37 Å². The molecule has 1 heterocycles. The third-order valence-corrected chi connectivity index (χ3v) is 4.14. The maximum atomic E-state index is 13.5. The lowest BCUT2D eigenvalue weighted by molar-refractivity contribution is 0.624. The van der Waals surface area contributed by atoms with E-state index in [-0.39, 0.29) is 11.1 Å². The first-order valence-electron chi connectivity index (χ1n) is 5.61. The van der Waals surface area contributed by atoms with Gasteiger partial charge in [-0.15, -0.1) is 0 Å². The van der Waals surface area contributed by atoms with E-state index in [0.29, 0.717) is 21.4 Å². The second kappa shape index (κ2) is 6.48. The Balaban J connectivity index is 2.35. The topological polar surface area (TPSA) is 24.9 Å². The Kier molecular flexibility index (Phi) is 5.13. The normalized spacial score (nSPS) is 12.3. The number of aromatic nitrogens is 1. The summed E-state index contributed by atoms with van der Waals surface area (Å²) < 4.78 is 14.3. The summed E-state index contributed by atoms with van der Waals surface area (Å²) in [5, 5.41) is 3.81. The van der Waals surface area contributed by atoms with Crippen molar-refractivity contribution in [1.29, 1.82) is 0 Å². The number of anilines is 1.